The van der Waals surface area contributed by atoms with Gasteiger partial charge < -0.3 is 10.6 Å². The van der Waals surface area contributed by atoms with Gasteiger partial charge in [0.1, 0.15) is 0 Å². The largest absolute Gasteiger partial charge is 0.352 e. The molecule has 0 bridgehead atoms. The Morgan fingerprint density at radius 3 is 2.76 bits per heavy atom. The molecule has 0 spiro atoms. The summed E-state index contributed by atoms with van der Waals surface area (Å²) < 4.78 is 1.99. The summed E-state index contributed by atoms with van der Waals surface area (Å²) in [7, 11) is 1.80. The number of benzene rings is 1. The first-order valence-electron chi connectivity index (χ1n) is 9.79. The number of aromatic nitrogens is 3. The van der Waals surface area contributed by atoms with Gasteiger partial charge in [0.2, 0.25) is 0 Å². The van der Waals surface area contributed by atoms with Gasteiger partial charge in [-0.15, -0.1) is 34.2 Å². The molecule has 8 heteroatoms. The molecule has 154 valence electrons. The molecule has 1 aliphatic rings. The van der Waals surface area contributed by atoms with Gasteiger partial charge in [0.15, 0.2) is 17.4 Å². The van der Waals surface area contributed by atoms with Crippen molar-refractivity contribution in [2.45, 2.75) is 32.0 Å². The highest BCUT2D eigenvalue weighted by molar-refractivity contribution is 14.0. The fourth-order valence-corrected chi connectivity index (χ4v) is 3.76. The Bertz CT molecular complexity index is 940. The van der Waals surface area contributed by atoms with Crippen LogP contribution in [0.15, 0.2) is 59.7 Å². The Hall–Kier alpha value is -2.20. The smallest absolute Gasteiger partial charge is 0.191 e. The van der Waals surface area contributed by atoms with Gasteiger partial charge in [-0.2, -0.15) is 0 Å². The summed E-state index contributed by atoms with van der Waals surface area (Å²) in [4.78, 5) is 6.90. The number of rotatable bonds is 5. The van der Waals surface area contributed by atoms with Gasteiger partial charge in [0.05, 0.1) is 6.54 Å². The quantitative estimate of drug-likeness (QED) is 0.317. The maximum absolute atomic E-state index is 4.38. The van der Waals surface area contributed by atoms with Gasteiger partial charge in [-0.25, -0.2) is 0 Å². The summed E-state index contributed by atoms with van der Waals surface area (Å²) in [6.45, 7) is 4.94. The second-order valence-corrected chi connectivity index (χ2v) is 7.18. The summed E-state index contributed by atoms with van der Waals surface area (Å²) >= 11 is 0. The maximum Gasteiger partial charge on any atom is 0.191 e. The molecule has 1 aromatic carbocycles. The zero-order valence-corrected chi connectivity index (χ0v) is 19.2. The van der Waals surface area contributed by atoms with E-state index in [1.165, 1.54) is 5.56 Å². The first kappa shape index (κ1) is 21.5. The van der Waals surface area contributed by atoms with E-state index in [1.54, 1.807) is 7.05 Å². The lowest BCUT2D eigenvalue weighted by molar-refractivity contribution is 0.258. The average molecular weight is 505 g/mol. The van der Waals surface area contributed by atoms with Crippen LogP contribution < -0.4 is 10.6 Å². The monoisotopic (exact) mass is 505 g/mol. The molecule has 1 saturated heterocycles. The van der Waals surface area contributed by atoms with Crippen LogP contribution in [0.2, 0.25) is 0 Å². The predicted molar refractivity (Wildman–Crippen MR) is 127 cm³/mol. The molecule has 2 atom stereocenters. The van der Waals surface area contributed by atoms with Crippen molar-refractivity contribution in [3.05, 3.63) is 66.1 Å². The van der Waals surface area contributed by atoms with Crippen molar-refractivity contribution in [3.8, 4) is 0 Å². The van der Waals surface area contributed by atoms with E-state index in [0.717, 1.165) is 36.9 Å². The van der Waals surface area contributed by atoms with E-state index in [4.69, 9.17) is 0 Å². The minimum absolute atomic E-state index is 0. The van der Waals surface area contributed by atoms with E-state index >= 15 is 0 Å². The summed E-state index contributed by atoms with van der Waals surface area (Å²) in [5.74, 6) is 1.66. The number of hydrogen-bond acceptors (Lipinski definition) is 4. The van der Waals surface area contributed by atoms with E-state index in [9.17, 15) is 0 Å². The highest BCUT2D eigenvalue weighted by Crippen LogP contribution is 2.24. The van der Waals surface area contributed by atoms with Gasteiger partial charge in [0, 0.05) is 38.4 Å². The Morgan fingerprint density at radius 2 is 1.97 bits per heavy atom. The van der Waals surface area contributed by atoms with Gasteiger partial charge in [-0.1, -0.05) is 36.4 Å². The van der Waals surface area contributed by atoms with Crippen LogP contribution in [0, 0.1) is 0 Å². The lowest BCUT2D eigenvalue weighted by Gasteiger charge is -2.25. The van der Waals surface area contributed by atoms with Crippen LogP contribution in [0.3, 0.4) is 0 Å². The van der Waals surface area contributed by atoms with Crippen molar-refractivity contribution < 1.29 is 0 Å². The van der Waals surface area contributed by atoms with Gasteiger partial charge >= 0.3 is 0 Å². The summed E-state index contributed by atoms with van der Waals surface area (Å²) in [5, 5.41) is 15.4. The van der Waals surface area contributed by atoms with Crippen LogP contribution in [0.1, 0.15) is 30.8 Å². The van der Waals surface area contributed by atoms with E-state index in [1.807, 2.05) is 28.8 Å². The molecule has 3 aromatic rings. The molecule has 2 aromatic heterocycles. The predicted octanol–water partition coefficient (Wildman–Crippen LogP) is 2.85. The second-order valence-electron chi connectivity index (χ2n) is 7.18. The Morgan fingerprint density at radius 1 is 1.17 bits per heavy atom. The standard InChI is InChI=1S/C21H27N7.HI/c1-16(17-8-4-3-5-9-17)27-13-11-18(15-27)24-21(22-2)23-14-20-26-25-19-10-6-7-12-28(19)20;/h3-10,12,16,18H,11,13-15H2,1-2H3,(H2,22,23,24);1H. The zero-order chi connectivity index (χ0) is 19.3. The Balaban J connectivity index is 0.00000240. The molecule has 2 unspecified atom stereocenters. The number of halogens is 1. The molecule has 0 radical (unpaired) electrons. The topological polar surface area (TPSA) is 69.8 Å². The number of guanidine groups is 1. The highest BCUT2D eigenvalue weighted by atomic mass is 127. The van der Waals surface area contributed by atoms with Crippen molar-refractivity contribution >= 4 is 35.6 Å². The third kappa shape index (κ3) is 5.05. The van der Waals surface area contributed by atoms with Gasteiger partial charge in [0.25, 0.3) is 0 Å². The first-order valence-corrected chi connectivity index (χ1v) is 9.79. The minimum atomic E-state index is 0. The molecular formula is C21H28IN7. The molecule has 0 aliphatic carbocycles. The number of likely N-dealkylation sites (tertiary alicyclic amines) is 1. The van der Waals surface area contributed by atoms with Crippen LogP contribution >= 0.6 is 24.0 Å². The lowest BCUT2D eigenvalue weighted by atomic mass is 10.1. The fourth-order valence-electron chi connectivity index (χ4n) is 3.76. The number of hydrogen-bond donors (Lipinski definition) is 2. The molecule has 4 rings (SSSR count). The summed E-state index contributed by atoms with van der Waals surface area (Å²) in [5.41, 5.74) is 2.22. The average Bonchev–Trinajstić information content (AvgIpc) is 3.38. The SMILES string of the molecule is CN=C(NCc1nnc2ccccn12)NC1CCN(C(C)c2ccccc2)C1.I. The third-order valence-electron chi connectivity index (χ3n) is 5.41. The molecule has 1 fully saturated rings. The van der Waals surface area contributed by atoms with Crippen LogP contribution in [0.5, 0.6) is 0 Å². The molecule has 29 heavy (non-hydrogen) atoms. The van der Waals surface area contributed by atoms with Crippen molar-refractivity contribution in [3.63, 3.8) is 0 Å². The van der Waals surface area contributed by atoms with E-state index in [2.05, 4.69) is 68.0 Å². The molecule has 2 N–H and O–H groups in total. The van der Waals surface area contributed by atoms with Crippen LogP contribution in [-0.2, 0) is 6.54 Å². The molecule has 0 amide bonds. The van der Waals surface area contributed by atoms with Crippen LogP contribution in [0.25, 0.3) is 5.65 Å². The van der Waals surface area contributed by atoms with Crippen molar-refractivity contribution in [1.82, 2.24) is 30.1 Å². The first-order chi connectivity index (χ1) is 13.7. The number of fused-ring (bicyclic) bond motifs is 1. The van der Waals surface area contributed by atoms with Crippen LogP contribution in [0.4, 0.5) is 0 Å². The second kappa shape index (κ2) is 10.0. The van der Waals surface area contributed by atoms with E-state index in [-0.39, 0.29) is 24.0 Å². The lowest BCUT2D eigenvalue weighted by Crippen LogP contribution is -2.44. The zero-order valence-electron chi connectivity index (χ0n) is 16.8. The van der Waals surface area contributed by atoms with Crippen LogP contribution in [-0.4, -0.2) is 51.6 Å². The summed E-state index contributed by atoms with van der Waals surface area (Å²) in [6, 6.07) is 17.4. The van der Waals surface area contributed by atoms with Gasteiger partial charge in [-0.05, 0) is 31.0 Å². The number of aliphatic imine (C=N–C) groups is 1. The number of pyridine rings is 1. The third-order valence-corrected chi connectivity index (χ3v) is 5.41. The van der Waals surface area contributed by atoms with E-state index < -0.39 is 0 Å². The van der Waals surface area contributed by atoms with Gasteiger partial charge in [-0.3, -0.25) is 14.3 Å². The Labute approximate surface area is 188 Å². The molecular weight excluding hydrogens is 477 g/mol. The summed E-state index contributed by atoms with van der Waals surface area (Å²) in [6.07, 6.45) is 3.08. The normalized spacial score (nSPS) is 18.4. The van der Waals surface area contributed by atoms with Crippen molar-refractivity contribution in [2.75, 3.05) is 20.1 Å². The number of nitrogens with one attached hydrogen (secondary N) is 2. The molecule has 7 nitrogen and oxygen atoms in total. The maximum atomic E-state index is 4.38. The minimum Gasteiger partial charge on any atom is -0.352 e. The van der Waals surface area contributed by atoms with Crippen molar-refractivity contribution in [2.24, 2.45) is 4.99 Å². The fraction of sp³-hybridized carbons (Fsp3) is 0.381. The Kier molecular flexibility index (Phi) is 7.43. The number of nitrogens with zero attached hydrogens (tertiary/aromatic N) is 5. The van der Waals surface area contributed by atoms with Crippen molar-refractivity contribution in [1.29, 1.82) is 0 Å². The van der Waals surface area contributed by atoms with E-state index in [0.29, 0.717) is 18.6 Å². The molecule has 0 saturated carbocycles. The molecule has 1 aliphatic heterocycles. The highest BCUT2D eigenvalue weighted by Gasteiger charge is 2.27. The molecule has 3 heterocycles.